The summed E-state index contributed by atoms with van der Waals surface area (Å²) in [5.41, 5.74) is 4.31. The van der Waals surface area contributed by atoms with Crippen LogP contribution in [0.3, 0.4) is 0 Å². The molecule has 19 heavy (non-hydrogen) atoms. The van der Waals surface area contributed by atoms with Crippen LogP contribution in [0.5, 0.6) is 0 Å². The van der Waals surface area contributed by atoms with Crippen molar-refractivity contribution < 1.29 is 9.59 Å². The van der Waals surface area contributed by atoms with E-state index in [2.05, 4.69) is 15.6 Å². The van der Waals surface area contributed by atoms with Gasteiger partial charge < -0.3 is 16.4 Å². The average molecular weight is 285 g/mol. The number of pyridine rings is 1. The van der Waals surface area contributed by atoms with Crippen molar-refractivity contribution in [2.75, 3.05) is 11.9 Å². The predicted octanol–water partition coefficient (Wildman–Crippen LogP) is 1.16. The fourth-order valence-electron chi connectivity index (χ4n) is 1.28. The van der Waals surface area contributed by atoms with E-state index in [0.29, 0.717) is 17.4 Å². The number of anilines is 1. The molecule has 0 aliphatic rings. The Hall–Kier alpha value is -1.82. The van der Waals surface area contributed by atoms with Crippen LogP contribution in [0.4, 0.5) is 5.82 Å². The molecule has 1 heterocycles. The van der Waals surface area contributed by atoms with Crippen molar-refractivity contribution in [3.05, 3.63) is 22.8 Å². The summed E-state index contributed by atoms with van der Waals surface area (Å²) in [5, 5.41) is 5.82. The Kier molecular flexibility index (Phi) is 4.72. The molecular formula is C12H17ClN4O2. The second-order valence-electron chi connectivity index (χ2n) is 4.53. The molecule has 0 radical (unpaired) electrons. The van der Waals surface area contributed by atoms with Crippen molar-refractivity contribution in [3.8, 4) is 0 Å². The van der Waals surface area contributed by atoms with Crippen LogP contribution in [-0.2, 0) is 4.79 Å². The first kappa shape index (κ1) is 15.2. The maximum absolute atomic E-state index is 11.9. The molecule has 1 aromatic heterocycles. The molecule has 6 nitrogen and oxygen atoms in total. The van der Waals surface area contributed by atoms with Crippen LogP contribution in [0.1, 0.15) is 31.1 Å². The SMILES string of the molecule is CCNc1ncc(C(=O)NC(C)(C)C(N)=O)cc1Cl. The van der Waals surface area contributed by atoms with Gasteiger partial charge >= 0.3 is 0 Å². The summed E-state index contributed by atoms with van der Waals surface area (Å²) >= 11 is 5.99. The maximum atomic E-state index is 11.9. The fraction of sp³-hybridized carbons (Fsp3) is 0.417. The van der Waals surface area contributed by atoms with Crippen LogP contribution in [-0.4, -0.2) is 28.9 Å². The molecule has 0 spiro atoms. The Balaban J connectivity index is 2.90. The van der Waals surface area contributed by atoms with Crippen molar-refractivity contribution in [1.29, 1.82) is 0 Å². The largest absolute Gasteiger partial charge is 0.369 e. The van der Waals surface area contributed by atoms with Gasteiger partial charge in [0.25, 0.3) is 5.91 Å². The number of nitrogens with zero attached hydrogens (tertiary/aromatic N) is 1. The number of halogens is 1. The van der Waals surface area contributed by atoms with Gasteiger partial charge in [-0.3, -0.25) is 9.59 Å². The van der Waals surface area contributed by atoms with Gasteiger partial charge in [-0.1, -0.05) is 11.6 Å². The van der Waals surface area contributed by atoms with Crippen LogP contribution in [0, 0.1) is 0 Å². The molecule has 2 amide bonds. The first-order valence-electron chi connectivity index (χ1n) is 5.79. The molecule has 1 aromatic rings. The van der Waals surface area contributed by atoms with Crippen LogP contribution in [0.25, 0.3) is 0 Å². The van der Waals surface area contributed by atoms with E-state index in [-0.39, 0.29) is 5.56 Å². The van der Waals surface area contributed by atoms with Crippen molar-refractivity contribution in [2.24, 2.45) is 5.73 Å². The van der Waals surface area contributed by atoms with E-state index >= 15 is 0 Å². The molecule has 104 valence electrons. The first-order valence-corrected chi connectivity index (χ1v) is 6.17. The Morgan fingerprint density at radius 3 is 2.58 bits per heavy atom. The van der Waals surface area contributed by atoms with E-state index in [1.165, 1.54) is 26.1 Å². The molecule has 0 unspecified atom stereocenters. The molecule has 0 aromatic carbocycles. The third kappa shape index (κ3) is 3.82. The number of hydrogen-bond donors (Lipinski definition) is 3. The number of amides is 2. The Morgan fingerprint density at radius 1 is 1.47 bits per heavy atom. The first-order chi connectivity index (χ1) is 8.77. The topological polar surface area (TPSA) is 97.1 Å². The Bertz CT molecular complexity index is 503. The second-order valence-corrected chi connectivity index (χ2v) is 4.94. The third-order valence-corrected chi connectivity index (χ3v) is 2.78. The van der Waals surface area contributed by atoms with Gasteiger partial charge in [0, 0.05) is 12.7 Å². The number of nitrogens with two attached hydrogens (primary N) is 1. The minimum absolute atomic E-state index is 0.265. The zero-order valence-corrected chi connectivity index (χ0v) is 11.8. The second kappa shape index (κ2) is 5.88. The highest BCUT2D eigenvalue weighted by molar-refractivity contribution is 6.33. The fourth-order valence-corrected chi connectivity index (χ4v) is 1.51. The smallest absolute Gasteiger partial charge is 0.253 e. The van der Waals surface area contributed by atoms with E-state index in [0.717, 1.165) is 0 Å². The molecule has 0 saturated carbocycles. The van der Waals surface area contributed by atoms with Crippen LogP contribution in [0.2, 0.25) is 5.02 Å². The lowest BCUT2D eigenvalue weighted by Gasteiger charge is -2.22. The van der Waals surface area contributed by atoms with E-state index in [9.17, 15) is 9.59 Å². The molecule has 1 rings (SSSR count). The van der Waals surface area contributed by atoms with Gasteiger partial charge in [-0.15, -0.1) is 0 Å². The summed E-state index contributed by atoms with van der Waals surface area (Å²) in [6.07, 6.45) is 1.39. The Labute approximate surface area is 116 Å². The highest BCUT2D eigenvalue weighted by Crippen LogP contribution is 2.20. The number of primary amides is 1. The minimum Gasteiger partial charge on any atom is -0.369 e. The zero-order valence-electron chi connectivity index (χ0n) is 11.1. The van der Waals surface area contributed by atoms with E-state index in [1.54, 1.807) is 0 Å². The lowest BCUT2D eigenvalue weighted by atomic mass is 10.0. The van der Waals surface area contributed by atoms with E-state index in [1.807, 2.05) is 6.92 Å². The van der Waals surface area contributed by atoms with Gasteiger partial charge in [-0.05, 0) is 26.8 Å². The van der Waals surface area contributed by atoms with Crippen molar-refractivity contribution >= 4 is 29.2 Å². The molecule has 0 fully saturated rings. The van der Waals surface area contributed by atoms with Crippen LogP contribution in [0.15, 0.2) is 12.3 Å². The van der Waals surface area contributed by atoms with Gasteiger partial charge in [0.1, 0.15) is 11.4 Å². The monoisotopic (exact) mass is 284 g/mol. The average Bonchev–Trinajstić information content (AvgIpc) is 2.31. The number of carbonyl (C=O) groups excluding carboxylic acids is 2. The quantitative estimate of drug-likeness (QED) is 0.756. The van der Waals surface area contributed by atoms with Gasteiger partial charge in [-0.2, -0.15) is 0 Å². The predicted molar refractivity (Wildman–Crippen MR) is 74.2 cm³/mol. The minimum atomic E-state index is -1.14. The number of aromatic nitrogens is 1. The lowest BCUT2D eigenvalue weighted by molar-refractivity contribution is -0.122. The van der Waals surface area contributed by atoms with Gasteiger partial charge in [0.15, 0.2) is 0 Å². The number of rotatable bonds is 5. The Morgan fingerprint density at radius 2 is 2.11 bits per heavy atom. The zero-order chi connectivity index (χ0) is 14.6. The number of carbonyl (C=O) groups is 2. The summed E-state index contributed by atoms with van der Waals surface area (Å²) in [6.45, 7) is 5.63. The van der Waals surface area contributed by atoms with E-state index < -0.39 is 17.4 Å². The molecule has 0 atom stereocenters. The lowest BCUT2D eigenvalue weighted by Crippen LogP contribution is -2.53. The van der Waals surface area contributed by atoms with Crippen LogP contribution >= 0.6 is 11.6 Å². The molecule has 0 saturated heterocycles. The van der Waals surface area contributed by atoms with Crippen molar-refractivity contribution in [3.63, 3.8) is 0 Å². The highest BCUT2D eigenvalue weighted by atomic mass is 35.5. The van der Waals surface area contributed by atoms with Crippen molar-refractivity contribution in [1.82, 2.24) is 10.3 Å². The summed E-state index contributed by atoms with van der Waals surface area (Å²) in [5.74, 6) is -0.569. The van der Waals surface area contributed by atoms with E-state index in [4.69, 9.17) is 17.3 Å². The molecular weight excluding hydrogens is 268 g/mol. The number of nitrogens with one attached hydrogen (secondary N) is 2. The molecule has 4 N–H and O–H groups in total. The van der Waals surface area contributed by atoms with Gasteiger partial charge in [0.2, 0.25) is 5.91 Å². The number of hydrogen-bond acceptors (Lipinski definition) is 4. The highest BCUT2D eigenvalue weighted by Gasteiger charge is 2.27. The van der Waals surface area contributed by atoms with Crippen molar-refractivity contribution in [2.45, 2.75) is 26.3 Å². The summed E-state index contributed by atoms with van der Waals surface area (Å²) in [4.78, 5) is 27.1. The van der Waals surface area contributed by atoms with Crippen LogP contribution < -0.4 is 16.4 Å². The molecule has 0 bridgehead atoms. The molecule has 0 aliphatic heterocycles. The molecule has 7 heteroatoms. The van der Waals surface area contributed by atoms with Gasteiger partial charge in [-0.25, -0.2) is 4.98 Å². The maximum Gasteiger partial charge on any atom is 0.253 e. The normalized spacial score (nSPS) is 10.9. The summed E-state index contributed by atoms with van der Waals surface area (Å²) in [7, 11) is 0. The summed E-state index contributed by atoms with van der Waals surface area (Å²) in [6, 6.07) is 1.49. The standard InChI is InChI=1S/C12H17ClN4O2/c1-4-15-9-8(13)5-7(6-16-9)10(18)17-12(2,3)11(14)19/h5-6H,4H2,1-3H3,(H2,14,19)(H,15,16)(H,17,18). The third-order valence-electron chi connectivity index (χ3n) is 2.49. The summed E-state index contributed by atoms with van der Waals surface area (Å²) < 4.78 is 0. The molecule has 0 aliphatic carbocycles. The van der Waals surface area contributed by atoms with Gasteiger partial charge in [0.05, 0.1) is 10.6 Å².